The Bertz CT molecular complexity index is 831. The normalized spacial score (nSPS) is 20.7. The highest BCUT2D eigenvalue weighted by Gasteiger charge is 2.32. The number of carbonyl (C=O) groups excluding carboxylic acids is 1. The molecule has 0 saturated carbocycles. The van der Waals surface area contributed by atoms with Crippen LogP contribution in [-0.4, -0.2) is 47.0 Å². The Balaban J connectivity index is 1.69. The van der Waals surface area contributed by atoms with E-state index < -0.39 is 6.29 Å². The minimum absolute atomic E-state index is 0.00750. The number of rotatable bonds is 10. The number of hydrogen-bond acceptors (Lipinski definition) is 6. The molecule has 3 rings (SSSR count). The maximum atomic E-state index is 11.6. The summed E-state index contributed by atoms with van der Waals surface area (Å²) in [6.45, 7) is 3.07. The molecule has 0 bridgehead atoms. The van der Waals surface area contributed by atoms with E-state index in [4.69, 9.17) is 14.6 Å². The first-order valence-corrected chi connectivity index (χ1v) is 12.1. The number of carbonyl (C=O) groups is 1. The van der Waals surface area contributed by atoms with Gasteiger partial charge in [-0.05, 0) is 23.6 Å². The summed E-state index contributed by atoms with van der Waals surface area (Å²) in [6.07, 6.45) is 0.0886. The minimum atomic E-state index is -0.503. The van der Waals surface area contributed by atoms with Gasteiger partial charge in [0.15, 0.2) is 6.29 Å². The monoisotopic (exact) mass is 460 g/mol. The average Bonchev–Trinajstić information content (AvgIpc) is 2.83. The molecule has 174 valence electrons. The largest absolute Gasteiger partial charge is 0.396 e. The molecule has 3 atom stereocenters. The second kappa shape index (κ2) is 12.8. The molecule has 32 heavy (non-hydrogen) atoms. The number of amides is 2. The SMILES string of the molecule is CCNC(=O)NCc1ccc(C2O[C@H](CSCCO)C[C@H](c3ccc(CO)cc3)O2)cc1. The minimum Gasteiger partial charge on any atom is -0.396 e. The van der Waals surface area contributed by atoms with E-state index in [9.17, 15) is 9.90 Å². The molecular formula is C24H32N2O5S. The lowest BCUT2D eigenvalue weighted by molar-refractivity contribution is -0.245. The maximum Gasteiger partial charge on any atom is 0.315 e. The zero-order valence-electron chi connectivity index (χ0n) is 18.3. The van der Waals surface area contributed by atoms with Crippen molar-refractivity contribution in [3.63, 3.8) is 0 Å². The first-order chi connectivity index (χ1) is 15.6. The molecule has 2 aromatic rings. The van der Waals surface area contributed by atoms with Gasteiger partial charge in [0.1, 0.15) is 0 Å². The number of thioether (sulfide) groups is 1. The molecule has 7 nitrogen and oxygen atoms in total. The average molecular weight is 461 g/mol. The summed E-state index contributed by atoms with van der Waals surface area (Å²) >= 11 is 1.67. The van der Waals surface area contributed by atoms with Crippen molar-refractivity contribution in [2.45, 2.75) is 45.0 Å². The Morgan fingerprint density at radius 1 is 1.00 bits per heavy atom. The van der Waals surface area contributed by atoms with Gasteiger partial charge in [-0.15, -0.1) is 0 Å². The van der Waals surface area contributed by atoms with E-state index >= 15 is 0 Å². The Hall–Kier alpha value is -2.10. The smallest absolute Gasteiger partial charge is 0.315 e. The molecule has 2 amide bonds. The lowest BCUT2D eigenvalue weighted by atomic mass is 10.0. The van der Waals surface area contributed by atoms with Crippen molar-refractivity contribution in [2.75, 3.05) is 24.7 Å². The van der Waals surface area contributed by atoms with Gasteiger partial charge in [-0.2, -0.15) is 11.8 Å². The molecule has 1 fully saturated rings. The first-order valence-electron chi connectivity index (χ1n) is 10.9. The topological polar surface area (TPSA) is 100 Å². The molecular weight excluding hydrogens is 428 g/mol. The number of aliphatic hydroxyl groups excluding tert-OH is 2. The third-order valence-corrected chi connectivity index (χ3v) is 6.28. The molecule has 2 aromatic carbocycles. The molecule has 0 radical (unpaired) electrons. The third-order valence-electron chi connectivity index (χ3n) is 5.20. The van der Waals surface area contributed by atoms with Crippen LogP contribution in [-0.2, 0) is 22.6 Å². The number of nitrogens with one attached hydrogen (secondary N) is 2. The van der Waals surface area contributed by atoms with E-state index in [0.717, 1.165) is 34.4 Å². The van der Waals surface area contributed by atoms with Crippen LogP contribution in [0.5, 0.6) is 0 Å². The van der Waals surface area contributed by atoms with Gasteiger partial charge in [-0.25, -0.2) is 4.79 Å². The molecule has 8 heteroatoms. The van der Waals surface area contributed by atoms with Gasteiger partial charge in [0.05, 0.1) is 25.4 Å². The van der Waals surface area contributed by atoms with Gasteiger partial charge in [-0.3, -0.25) is 0 Å². The molecule has 4 N–H and O–H groups in total. The van der Waals surface area contributed by atoms with Crippen LogP contribution < -0.4 is 10.6 Å². The van der Waals surface area contributed by atoms with Gasteiger partial charge < -0.3 is 30.3 Å². The lowest BCUT2D eigenvalue weighted by Gasteiger charge is -2.36. The van der Waals surface area contributed by atoms with Crippen LogP contribution in [0.15, 0.2) is 48.5 Å². The Morgan fingerprint density at radius 2 is 1.69 bits per heavy atom. The fraction of sp³-hybridized carbons (Fsp3) is 0.458. The Morgan fingerprint density at radius 3 is 2.34 bits per heavy atom. The summed E-state index contributed by atoms with van der Waals surface area (Å²) in [5, 5.41) is 23.9. The highest BCUT2D eigenvalue weighted by atomic mass is 32.2. The van der Waals surface area contributed by atoms with Crippen molar-refractivity contribution < 1.29 is 24.5 Å². The fourth-order valence-corrected chi connectivity index (χ4v) is 4.27. The second-order valence-electron chi connectivity index (χ2n) is 7.60. The van der Waals surface area contributed by atoms with Gasteiger partial charge in [0.25, 0.3) is 0 Å². The quantitative estimate of drug-likeness (QED) is 0.406. The lowest BCUT2D eigenvalue weighted by Crippen LogP contribution is -2.34. The van der Waals surface area contributed by atoms with Crippen LogP contribution in [0.25, 0.3) is 0 Å². The zero-order valence-corrected chi connectivity index (χ0v) is 19.1. The zero-order chi connectivity index (χ0) is 22.8. The summed E-state index contributed by atoms with van der Waals surface area (Å²) < 4.78 is 12.6. The number of urea groups is 1. The number of ether oxygens (including phenoxy) is 2. The summed E-state index contributed by atoms with van der Waals surface area (Å²) in [4.78, 5) is 11.6. The van der Waals surface area contributed by atoms with E-state index in [1.165, 1.54) is 0 Å². The first kappa shape index (κ1) is 24.5. The van der Waals surface area contributed by atoms with Crippen molar-refractivity contribution in [3.8, 4) is 0 Å². The molecule has 0 aromatic heterocycles. The molecule has 0 spiro atoms. The highest BCUT2D eigenvalue weighted by Crippen LogP contribution is 2.38. The van der Waals surface area contributed by atoms with Crippen LogP contribution in [0.1, 0.15) is 48.0 Å². The van der Waals surface area contributed by atoms with Crippen LogP contribution in [0.2, 0.25) is 0 Å². The van der Waals surface area contributed by atoms with E-state index in [2.05, 4.69) is 10.6 Å². The van der Waals surface area contributed by atoms with E-state index in [-0.39, 0.29) is 31.5 Å². The second-order valence-corrected chi connectivity index (χ2v) is 8.75. The van der Waals surface area contributed by atoms with Crippen molar-refractivity contribution >= 4 is 17.8 Å². The van der Waals surface area contributed by atoms with Crippen LogP contribution in [0, 0.1) is 0 Å². The molecule has 1 heterocycles. The summed E-state index contributed by atoms with van der Waals surface area (Å²) in [7, 11) is 0. The fourth-order valence-electron chi connectivity index (χ4n) is 3.50. The van der Waals surface area contributed by atoms with Gasteiger partial charge in [0.2, 0.25) is 0 Å². The summed E-state index contributed by atoms with van der Waals surface area (Å²) in [5.41, 5.74) is 3.82. The van der Waals surface area contributed by atoms with Crippen LogP contribution >= 0.6 is 11.8 Å². The molecule has 1 unspecified atom stereocenters. The molecule has 1 saturated heterocycles. The summed E-state index contributed by atoms with van der Waals surface area (Å²) in [5.74, 6) is 1.45. The number of hydrogen-bond donors (Lipinski definition) is 4. The van der Waals surface area contributed by atoms with Crippen molar-refractivity contribution in [1.29, 1.82) is 0 Å². The maximum absolute atomic E-state index is 11.6. The van der Waals surface area contributed by atoms with E-state index in [0.29, 0.717) is 18.8 Å². The van der Waals surface area contributed by atoms with Crippen LogP contribution in [0.3, 0.4) is 0 Å². The summed E-state index contributed by atoms with van der Waals surface area (Å²) in [6, 6.07) is 15.5. The van der Waals surface area contributed by atoms with Gasteiger partial charge in [-0.1, -0.05) is 48.5 Å². The van der Waals surface area contributed by atoms with E-state index in [1.54, 1.807) is 11.8 Å². The molecule has 0 aliphatic carbocycles. The number of aliphatic hydroxyl groups is 2. The van der Waals surface area contributed by atoms with Gasteiger partial charge >= 0.3 is 6.03 Å². The number of benzene rings is 2. The van der Waals surface area contributed by atoms with Crippen molar-refractivity contribution in [2.24, 2.45) is 0 Å². The predicted octanol–water partition coefficient (Wildman–Crippen LogP) is 3.27. The predicted molar refractivity (Wildman–Crippen MR) is 125 cm³/mol. The Kier molecular flexibility index (Phi) is 9.83. The van der Waals surface area contributed by atoms with Gasteiger partial charge in [0, 0.05) is 36.6 Å². The molecule has 1 aliphatic heterocycles. The highest BCUT2D eigenvalue weighted by molar-refractivity contribution is 7.99. The molecule has 1 aliphatic rings. The van der Waals surface area contributed by atoms with Crippen molar-refractivity contribution in [1.82, 2.24) is 10.6 Å². The third kappa shape index (κ3) is 7.21. The standard InChI is InChI=1S/C24H32N2O5S/c1-2-25-24(29)26-14-17-3-9-20(10-4-17)23-30-21(16-32-12-11-27)13-22(31-23)19-7-5-18(15-28)6-8-19/h3-10,21-23,27-28H,2,11-16H2,1H3,(H2,25,26,29)/t21-,22+,23?/m0/s1. The van der Waals surface area contributed by atoms with Crippen molar-refractivity contribution in [3.05, 3.63) is 70.8 Å². The Labute approximate surface area is 193 Å². The van der Waals surface area contributed by atoms with Crippen LogP contribution in [0.4, 0.5) is 4.79 Å². The van der Waals surface area contributed by atoms with E-state index in [1.807, 2.05) is 55.5 Å².